The molecule has 0 amide bonds. The average Bonchev–Trinajstić information content (AvgIpc) is 2.28. The van der Waals surface area contributed by atoms with E-state index in [4.69, 9.17) is 9.84 Å². The highest BCUT2D eigenvalue weighted by molar-refractivity contribution is 5.66. The Hall–Kier alpha value is -1.51. The van der Waals surface area contributed by atoms with Crippen LogP contribution in [0.3, 0.4) is 0 Å². The minimum Gasteiger partial charge on any atom is -0.496 e. The Morgan fingerprint density at radius 2 is 2.06 bits per heavy atom. The third-order valence-corrected chi connectivity index (χ3v) is 2.60. The van der Waals surface area contributed by atoms with Gasteiger partial charge in [0.1, 0.15) is 5.75 Å². The van der Waals surface area contributed by atoms with Gasteiger partial charge in [-0.2, -0.15) is 0 Å². The molecule has 0 fully saturated rings. The first kappa shape index (κ1) is 12.6. The van der Waals surface area contributed by atoms with Crippen molar-refractivity contribution in [1.29, 1.82) is 0 Å². The summed E-state index contributed by atoms with van der Waals surface area (Å²) in [5, 5.41) is 8.59. The van der Waals surface area contributed by atoms with Crippen molar-refractivity contribution < 1.29 is 14.6 Å². The fourth-order valence-corrected chi connectivity index (χ4v) is 1.81. The lowest BCUT2D eigenvalue weighted by Crippen LogP contribution is -1.99. The summed E-state index contributed by atoms with van der Waals surface area (Å²) in [5.41, 5.74) is 2.28. The van der Waals surface area contributed by atoms with Crippen molar-refractivity contribution in [2.75, 3.05) is 7.11 Å². The van der Waals surface area contributed by atoms with Crippen LogP contribution in [0.25, 0.3) is 0 Å². The molecular formula is C13H18O3. The van der Waals surface area contributed by atoms with Gasteiger partial charge in [-0.1, -0.05) is 25.1 Å². The highest BCUT2D eigenvalue weighted by Gasteiger charge is 2.07. The minimum absolute atomic E-state index is 0.208. The van der Waals surface area contributed by atoms with E-state index < -0.39 is 5.97 Å². The predicted octanol–water partition coefficient (Wildman–Crippen LogP) is 2.66. The van der Waals surface area contributed by atoms with Crippen molar-refractivity contribution >= 4 is 5.97 Å². The minimum atomic E-state index is -0.745. The maximum absolute atomic E-state index is 10.4. The standard InChI is InChI=1S/C13H18O3/c1-3-10-6-4-7-11(13(10)16-2)8-5-9-12(14)15/h4,6-7H,3,5,8-9H2,1-2H3,(H,14,15). The molecule has 0 bridgehead atoms. The number of carboxylic acid groups (broad SMARTS) is 1. The molecule has 3 heteroatoms. The predicted molar refractivity (Wildman–Crippen MR) is 62.9 cm³/mol. The van der Waals surface area contributed by atoms with Crippen LogP contribution in [0.4, 0.5) is 0 Å². The molecule has 0 aliphatic heterocycles. The maximum atomic E-state index is 10.4. The number of hydrogen-bond acceptors (Lipinski definition) is 2. The molecule has 0 saturated heterocycles. The van der Waals surface area contributed by atoms with Gasteiger partial charge in [-0.25, -0.2) is 0 Å². The molecule has 16 heavy (non-hydrogen) atoms. The fourth-order valence-electron chi connectivity index (χ4n) is 1.81. The van der Waals surface area contributed by atoms with Crippen LogP contribution in [0.2, 0.25) is 0 Å². The summed E-state index contributed by atoms with van der Waals surface area (Å²) in [6, 6.07) is 6.04. The van der Waals surface area contributed by atoms with Gasteiger partial charge in [0.05, 0.1) is 7.11 Å². The van der Waals surface area contributed by atoms with Crippen LogP contribution in [-0.4, -0.2) is 18.2 Å². The number of rotatable bonds is 6. The van der Waals surface area contributed by atoms with E-state index in [2.05, 4.69) is 6.92 Å². The molecule has 1 aromatic carbocycles. The van der Waals surface area contributed by atoms with Gasteiger partial charge in [-0.05, 0) is 30.4 Å². The van der Waals surface area contributed by atoms with Gasteiger partial charge in [0.15, 0.2) is 0 Å². The molecule has 0 saturated carbocycles. The Kier molecular flexibility index (Phi) is 4.83. The zero-order valence-corrected chi connectivity index (χ0v) is 9.82. The number of carbonyl (C=O) groups is 1. The Balaban J connectivity index is 2.74. The van der Waals surface area contributed by atoms with Crippen LogP contribution >= 0.6 is 0 Å². The van der Waals surface area contributed by atoms with Gasteiger partial charge in [-0.3, -0.25) is 4.79 Å². The number of benzene rings is 1. The van der Waals surface area contributed by atoms with Crippen LogP contribution in [0, 0.1) is 0 Å². The number of methoxy groups -OCH3 is 1. The second kappa shape index (κ2) is 6.16. The third-order valence-electron chi connectivity index (χ3n) is 2.60. The van der Waals surface area contributed by atoms with E-state index in [9.17, 15) is 4.79 Å². The number of aliphatic carboxylic acids is 1. The molecule has 0 radical (unpaired) electrons. The van der Waals surface area contributed by atoms with Crippen LogP contribution in [0.15, 0.2) is 18.2 Å². The van der Waals surface area contributed by atoms with E-state index in [-0.39, 0.29) is 6.42 Å². The molecule has 0 atom stereocenters. The summed E-state index contributed by atoms with van der Waals surface area (Å²) in [5.74, 6) is 0.168. The topological polar surface area (TPSA) is 46.5 Å². The number of aryl methyl sites for hydroxylation is 2. The molecule has 88 valence electrons. The highest BCUT2D eigenvalue weighted by Crippen LogP contribution is 2.25. The molecule has 3 nitrogen and oxygen atoms in total. The number of para-hydroxylation sites is 1. The summed E-state index contributed by atoms with van der Waals surface area (Å²) in [4.78, 5) is 10.4. The zero-order valence-electron chi connectivity index (χ0n) is 9.82. The Bertz CT molecular complexity index is 358. The van der Waals surface area contributed by atoms with Crippen LogP contribution in [0.5, 0.6) is 5.75 Å². The van der Waals surface area contributed by atoms with E-state index >= 15 is 0 Å². The van der Waals surface area contributed by atoms with Gasteiger partial charge in [0.2, 0.25) is 0 Å². The lowest BCUT2D eigenvalue weighted by Gasteiger charge is -2.12. The Labute approximate surface area is 96.1 Å². The van der Waals surface area contributed by atoms with E-state index in [0.717, 1.165) is 24.2 Å². The molecule has 0 aliphatic rings. The molecule has 1 rings (SSSR count). The van der Waals surface area contributed by atoms with E-state index in [0.29, 0.717) is 6.42 Å². The van der Waals surface area contributed by atoms with E-state index in [1.54, 1.807) is 7.11 Å². The summed E-state index contributed by atoms with van der Waals surface area (Å²) < 4.78 is 5.38. The van der Waals surface area contributed by atoms with Crippen molar-refractivity contribution in [1.82, 2.24) is 0 Å². The lowest BCUT2D eigenvalue weighted by molar-refractivity contribution is -0.137. The number of ether oxygens (including phenoxy) is 1. The average molecular weight is 222 g/mol. The number of carboxylic acids is 1. The van der Waals surface area contributed by atoms with Gasteiger partial charge < -0.3 is 9.84 Å². The van der Waals surface area contributed by atoms with Crippen molar-refractivity contribution in [3.8, 4) is 5.75 Å². The first-order valence-electron chi connectivity index (χ1n) is 5.55. The molecule has 0 aromatic heterocycles. The monoisotopic (exact) mass is 222 g/mol. The Morgan fingerprint density at radius 3 is 2.62 bits per heavy atom. The van der Waals surface area contributed by atoms with Crippen molar-refractivity contribution in [2.24, 2.45) is 0 Å². The Morgan fingerprint density at radius 1 is 1.38 bits per heavy atom. The summed E-state index contributed by atoms with van der Waals surface area (Å²) in [6.07, 6.45) is 2.54. The second-order valence-corrected chi connectivity index (χ2v) is 3.71. The molecule has 0 unspecified atom stereocenters. The van der Waals surface area contributed by atoms with Crippen LogP contribution < -0.4 is 4.74 Å². The normalized spacial score (nSPS) is 10.1. The van der Waals surface area contributed by atoms with Crippen molar-refractivity contribution in [3.05, 3.63) is 29.3 Å². The van der Waals surface area contributed by atoms with Gasteiger partial charge in [0.25, 0.3) is 0 Å². The molecule has 0 aliphatic carbocycles. The van der Waals surface area contributed by atoms with Crippen molar-refractivity contribution in [3.63, 3.8) is 0 Å². The zero-order chi connectivity index (χ0) is 12.0. The summed E-state index contributed by atoms with van der Waals surface area (Å²) in [7, 11) is 1.66. The van der Waals surface area contributed by atoms with Gasteiger partial charge >= 0.3 is 5.97 Å². The molecule has 0 heterocycles. The molecular weight excluding hydrogens is 204 g/mol. The quantitative estimate of drug-likeness (QED) is 0.804. The number of hydrogen-bond donors (Lipinski definition) is 1. The first-order valence-corrected chi connectivity index (χ1v) is 5.55. The van der Waals surface area contributed by atoms with Crippen LogP contribution in [0.1, 0.15) is 30.9 Å². The van der Waals surface area contributed by atoms with Crippen molar-refractivity contribution in [2.45, 2.75) is 32.6 Å². The SMILES string of the molecule is CCc1cccc(CCCC(=O)O)c1OC. The summed E-state index contributed by atoms with van der Waals surface area (Å²) in [6.45, 7) is 2.08. The van der Waals surface area contributed by atoms with Gasteiger partial charge in [-0.15, -0.1) is 0 Å². The largest absolute Gasteiger partial charge is 0.496 e. The maximum Gasteiger partial charge on any atom is 0.303 e. The highest BCUT2D eigenvalue weighted by atomic mass is 16.5. The second-order valence-electron chi connectivity index (χ2n) is 3.71. The van der Waals surface area contributed by atoms with Gasteiger partial charge in [0, 0.05) is 6.42 Å². The smallest absolute Gasteiger partial charge is 0.303 e. The van der Waals surface area contributed by atoms with E-state index in [1.165, 1.54) is 5.56 Å². The molecule has 1 N–H and O–H groups in total. The lowest BCUT2D eigenvalue weighted by atomic mass is 10.0. The third kappa shape index (κ3) is 3.26. The molecule has 0 spiro atoms. The van der Waals surface area contributed by atoms with Crippen LogP contribution in [-0.2, 0) is 17.6 Å². The summed E-state index contributed by atoms with van der Waals surface area (Å²) >= 11 is 0. The first-order chi connectivity index (χ1) is 7.69. The van der Waals surface area contributed by atoms with E-state index in [1.807, 2.05) is 18.2 Å². The fraction of sp³-hybridized carbons (Fsp3) is 0.462. The molecule has 1 aromatic rings.